The summed E-state index contributed by atoms with van der Waals surface area (Å²) in [6.45, 7) is 6.82. The van der Waals surface area contributed by atoms with Gasteiger partial charge in [0.1, 0.15) is 5.60 Å². The Hall–Kier alpha value is -0.470. The van der Waals surface area contributed by atoms with Gasteiger partial charge in [-0.25, -0.2) is 0 Å². The van der Waals surface area contributed by atoms with E-state index < -0.39 is 15.8 Å². The molecule has 0 spiro atoms. The van der Waals surface area contributed by atoms with Gasteiger partial charge in [-0.05, 0) is 47.6 Å². The van der Waals surface area contributed by atoms with Crippen molar-refractivity contribution in [1.29, 1.82) is 0 Å². The van der Waals surface area contributed by atoms with E-state index in [4.69, 9.17) is 0 Å². The quantitative estimate of drug-likeness (QED) is 0.863. The molecule has 2 N–H and O–H groups in total. The molecule has 7 heteroatoms. The highest BCUT2D eigenvalue weighted by molar-refractivity contribution is 7.87. The summed E-state index contributed by atoms with van der Waals surface area (Å²) in [6.07, 6.45) is 1.05. The Morgan fingerprint density at radius 1 is 1.43 bits per heavy atom. The van der Waals surface area contributed by atoms with Gasteiger partial charge >= 0.3 is 0 Å². The second-order valence-electron chi connectivity index (χ2n) is 6.38. The van der Waals surface area contributed by atoms with E-state index in [0.29, 0.717) is 24.9 Å². The van der Waals surface area contributed by atoms with Gasteiger partial charge in [0.15, 0.2) is 0 Å². The first-order valence-corrected chi connectivity index (χ1v) is 9.59. The Balaban J connectivity index is 2.01. The van der Waals surface area contributed by atoms with E-state index >= 15 is 0 Å². The van der Waals surface area contributed by atoms with Gasteiger partial charge in [0.25, 0.3) is 10.2 Å². The number of piperidine rings is 1. The van der Waals surface area contributed by atoms with E-state index in [1.54, 1.807) is 6.92 Å². The van der Waals surface area contributed by atoms with Crippen LogP contribution in [-0.4, -0.2) is 37.5 Å². The first-order valence-electron chi connectivity index (χ1n) is 7.20. The maximum atomic E-state index is 12.4. The van der Waals surface area contributed by atoms with Crippen molar-refractivity contribution < 1.29 is 13.5 Å². The minimum Gasteiger partial charge on any atom is -0.384 e. The normalized spacial score (nSPS) is 27.4. The second kappa shape index (κ2) is 6.34. The fraction of sp³-hybridized carbons (Fsp3) is 0.714. The van der Waals surface area contributed by atoms with E-state index in [-0.39, 0.29) is 6.54 Å². The molecule has 2 rings (SSSR count). The number of nitrogens with zero attached hydrogens (tertiary/aromatic N) is 1. The van der Waals surface area contributed by atoms with Crippen molar-refractivity contribution in [2.45, 2.75) is 32.8 Å². The predicted molar refractivity (Wildman–Crippen MR) is 85.3 cm³/mol. The summed E-state index contributed by atoms with van der Waals surface area (Å²) >= 11 is 1.48. The lowest BCUT2D eigenvalue weighted by molar-refractivity contribution is 0.0624. The van der Waals surface area contributed by atoms with Crippen LogP contribution in [0.15, 0.2) is 16.8 Å². The first kappa shape index (κ1) is 16.9. The summed E-state index contributed by atoms with van der Waals surface area (Å²) in [7, 11) is -3.55. The molecule has 0 bridgehead atoms. The molecule has 0 amide bonds. The molecule has 1 aliphatic heterocycles. The zero-order valence-corrected chi connectivity index (χ0v) is 14.4. The van der Waals surface area contributed by atoms with Crippen molar-refractivity contribution in [2.75, 3.05) is 19.6 Å². The molecule has 0 aromatic carbocycles. The van der Waals surface area contributed by atoms with Gasteiger partial charge in [-0.15, -0.1) is 0 Å². The fourth-order valence-electron chi connectivity index (χ4n) is 2.80. The molecule has 3 unspecified atom stereocenters. The molecule has 0 aliphatic carbocycles. The van der Waals surface area contributed by atoms with Crippen LogP contribution in [0.25, 0.3) is 0 Å². The maximum absolute atomic E-state index is 12.4. The molecule has 1 fully saturated rings. The molecule has 1 aliphatic rings. The number of hydrogen-bond acceptors (Lipinski definition) is 4. The van der Waals surface area contributed by atoms with Crippen molar-refractivity contribution in [3.8, 4) is 0 Å². The molecule has 1 saturated heterocycles. The van der Waals surface area contributed by atoms with E-state index in [1.165, 1.54) is 15.6 Å². The van der Waals surface area contributed by atoms with E-state index in [1.807, 2.05) is 16.8 Å². The summed E-state index contributed by atoms with van der Waals surface area (Å²) in [5.41, 5.74) is -0.462. The van der Waals surface area contributed by atoms with Crippen LogP contribution in [0.3, 0.4) is 0 Å². The van der Waals surface area contributed by atoms with Gasteiger partial charge in [-0.3, -0.25) is 0 Å². The average Bonchev–Trinajstić information content (AvgIpc) is 2.90. The average molecular weight is 332 g/mol. The summed E-state index contributed by atoms with van der Waals surface area (Å²) in [6, 6.07) is 1.81. The molecule has 0 radical (unpaired) electrons. The van der Waals surface area contributed by atoms with Gasteiger partial charge < -0.3 is 5.11 Å². The third kappa shape index (κ3) is 4.26. The van der Waals surface area contributed by atoms with Crippen LogP contribution in [-0.2, 0) is 15.8 Å². The van der Waals surface area contributed by atoms with Crippen LogP contribution in [0, 0.1) is 11.8 Å². The second-order valence-corrected chi connectivity index (χ2v) is 8.91. The summed E-state index contributed by atoms with van der Waals surface area (Å²) < 4.78 is 28.8. The third-order valence-electron chi connectivity index (χ3n) is 3.92. The van der Waals surface area contributed by atoms with Gasteiger partial charge in [-0.2, -0.15) is 28.8 Å². The van der Waals surface area contributed by atoms with Crippen LogP contribution in [0.5, 0.6) is 0 Å². The van der Waals surface area contributed by atoms with E-state index in [0.717, 1.165) is 12.0 Å². The largest absolute Gasteiger partial charge is 0.384 e. The first-order chi connectivity index (χ1) is 9.71. The van der Waals surface area contributed by atoms with Crippen molar-refractivity contribution >= 4 is 21.5 Å². The van der Waals surface area contributed by atoms with Crippen molar-refractivity contribution in [3.63, 3.8) is 0 Å². The highest BCUT2D eigenvalue weighted by Gasteiger charge is 2.32. The lowest BCUT2D eigenvalue weighted by Gasteiger charge is -2.34. The summed E-state index contributed by atoms with van der Waals surface area (Å²) in [5, 5.41) is 14.1. The monoisotopic (exact) mass is 332 g/mol. The van der Waals surface area contributed by atoms with E-state index in [9.17, 15) is 13.5 Å². The van der Waals surface area contributed by atoms with Crippen molar-refractivity contribution in [2.24, 2.45) is 11.8 Å². The van der Waals surface area contributed by atoms with Gasteiger partial charge in [0, 0.05) is 19.6 Å². The molecule has 0 saturated carbocycles. The van der Waals surface area contributed by atoms with Crippen LogP contribution in [0.4, 0.5) is 0 Å². The highest BCUT2D eigenvalue weighted by Crippen LogP contribution is 2.25. The molecule has 1 aromatic heterocycles. The molecule has 2 heterocycles. The summed E-state index contributed by atoms with van der Waals surface area (Å²) in [5.74, 6) is 0.727. The Morgan fingerprint density at radius 3 is 2.57 bits per heavy atom. The third-order valence-corrected chi connectivity index (χ3v) is 6.09. The smallest absolute Gasteiger partial charge is 0.279 e. The Labute approximate surface area is 131 Å². The van der Waals surface area contributed by atoms with Crippen molar-refractivity contribution in [1.82, 2.24) is 9.03 Å². The lowest BCUT2D eigenvalue weighted by Crippen LogP contribution is -2.50. The molecule has 21 heavy (non-hydrogen) atoms. The highest BCUT2D eigenvalue weighted by atomic mass is 32.2. The molecule has 120 valence electrons. The molecule has 5 nitrogen and oxygen atoms in total. The maximum Gasteiger partial charge on any atom is 0.279 e. The Bertz CT molecular complexity index is 545. The van der Waals surface area contributed by atoms with Crippen molar-refractivity contribution in [3.05, 3.63) is 22.4 Å². The Morgan fingerprint density at radius 2 is 2.05 bits per heavy atom. The topological polar surface area (TPSA) is 69.6 Å². The van der Waals surface area contributed by atoms with Gasteiger partial charge in [-0.1, -0.05) is 13.8 Å². The lowest BCUT2D eigenvalue weighted by atomic mass is 9.94. The standard InChI is InChI=1S/C14H24N2O3S2/c1-11-6-12(2)8-16(7-11)21(18,19)15-10-14(3,17)13-4-5-20-9-13/h4-5,9,11-12,15,17H,6-8,10H2,1-3H3. The number of aliphatic hydroxyl groups is 1. The van der Waals surface area contributed by atoms with Crippen LogP contribution in [0.2, 0.25) is 0 Å². The zero-order chi connectivity index (χ0) is 15.7. The van der Waals surface area contributed by atoms with Crippen LogP contribution in [0.1, 0.15) is 32.8 Å². The SMILES string of the molecule is CC1CC(C)CN(S(=O)(=O)NCC(C)(O)c2ccsc2)C1. The van der Waals surface area contributed by atoms with E-state index in [2.05, 4.69) is 18.6 Å². The molecule has 3 atom stereocenters. The predicted octanol–water partition coefficient (Wildman–Crippen LogP) is 1.77. The molecular weight excluding hydrogens is 308 g/mol. The number of nitrogens with one attached hydrogen (secondary N) is 1. The van der Waals surface area contributed by atoms with Crippen LogP contribution >= 0.6 is 11.3 Å². The van der Waals surface area contributed by atoms with Gasteiger partial charge in [0.2, 0.25) is 0 Å². The molecular formula is C14H24N2O3S2. The molecule has 1 aromatic rings. The fourth-order valence-corrected chi connectivity index (χ4v) is 5.13. The minimum atomic E-state index is -3.55. The van der Waals surface area contributed by atoms with Gasteiger partial charge in [0.05, 0.1) is 0 Å². The number of thiophene rings is 1. The zero-order valence-electron chi connectivity index (χ0n) is 12.7. The Kier molecular flexibility index (Phi) is 5.10. The minimum absolute atomic E-state index is 0.0225. The van der Waals surface area contributed by atoms with Crippen LogP contribution < -0.4 is 4.72 Å². The summed E-state index contributed by atoms with van der Waals surface area (Å²) in [4.78, 5) is 0. The number of hydrogen-bond donors (Lipinski definition) is 2. The number of rotatable bonds is 5.